The molecule has 0 bridgehead atoms. The molecule has 2 aromatic carbocycles. The van der Waals surface area contributed by atoms with Crippen molar-refractivity contribution in [1.29, 1.82) is 0 Å². The maximum atomic E-state index is 13.5. The van der Waals surface area contributed by atoms with Crippen LogP contribution in [-0.2, 0) is 9.59 Å². The molecule has 2 aromatic rings. The van der Waals surface area contributed by atoms with E-state index in [0.29, 0.717) is 13.0 Å². The Balaban J connectivity index is 1.89. The Labute approximate surface area is 184 Å². The average Bonchev–Trinajstić information content (AvgIpc) is 2.86. The number of nitrogens with zero attached hydrogens (tertiary/aromatic N) is 1. The van der Waals surface area contributed by atoms with E-state index in [1.54, 1.807) is 0 Å². The molecule has 5 heteroatoms. The summed E-state index contributed by atoms with van der Waals surface area (Å²) in [5, 5.41) is 6.58. The summed E-state index contributed by atoms with van der Waals surface area (Å²) >= 11 is 0. The molecule has 1 aliphatic heterocycles. The Hall–Kier alpha value is -3.08. The van der Waals surface area contributed by atoms with Gasteiger partial charge in [0.1, 0.15) is 0 Å². The molecule has 0 aromatic heterocycles. The molecular weight excluding hydrogens is 386 g/mol. The molecule has 0 saturated heterocycles. The van der Waals surface area contributed by atoms with Crippen molar-refractivity contribution < 1.29 is 9.59 Å². The second kappa shape index (κ2) is 8.58. The third-order valence-electron chi connectivity index (χ3n) is 6.01. The predicted molar refractivity (Wildman–Crippen MR) is 125 cm³/mol. The van der Waals surface area contributed by atoms with Crippen LogP contribution in [0.1, 0.15) is 51.6 Å². The van der Waals surface area contributed by atoms with Gasteiger partial charge in [-0.25, -0.2) is 0 Å². The number of carbonyl (C=O) groups is 2. The fourth-order valence-electron chi connectivity index (χ4n) is 4.68. The highest BCUT2D eigenvalue weighted by Crippen LogP contribution is 2.48. The molecule has 0 radical (unpaired) electrons. The summed E-state index contributed by atoms with van der Waals surface area (Å²) in [6, 6.07) is 17.8. The van der Waals surface area contributed by atoms with Gasteiger partial charge in [-0.2, -0.15) is 0 Å². The molecule has 162 valence electrons. The summed E-state index contributed by atoms with van der Waals surface area (Å²) in [5.74, 6) is 0.115. The average molecular weight is 418 g/mol. The molecule has 1 unspecified atom stereocenters. The molecule has 4 rings (SSSR count). The maximum Gasteiger partial charge on any atom is 0.239 e. The van der Waals surface area contributed by atoms with Gasteiger partial charge in [0.2, 0.25) is 5.91 Å². The van der Waals surface area contributed by atoms with E-state index in [2.05, 4.69) is 29.4 Å². The first kappa shape index (κ1) is 21.2. The molecule has 0 fully saturated rings. The molecule has 1 amide bonds. The topological polar surface area (TPSA) is 61.4 Å². The lowest BCUT2D eigenvalue weighted by Crippen LogP contribution is -2.42. The van der Waals surface area contributed by atoms with E-state index in [1.165, 1.54) is 0 Å². The number of fused-ring (bicyclic) bond motifs is 1. The highest BCUT2D eigenvalue weighted by Gasteiger charge is 2.41. The molecule has 1 heterocycles. The summed E-state index contributed by atoms with van der Waals surface area (Å²) in [5.41, 5.74) is 4.53. The Morgan fingerprint density at radius 3 is 2.55 bits per heavy atom. The first-order chi connectivity index (χ1) is 14.9. The van der Waals surface area contributed by atoms with Gasteiger partial charge in [-0.1, -0.05) is 63.2 Å². The highest BCUT2D eigenvalue weighted by atomic mass is 16.2. The fraction of sp³-hybridized carbons (Fsp3) is 0.385. The van der Waals surface area contributed by atoms with Crippen LogP contribution in [-0.4, -0.2) is 24.8 Å². The van der Waals surface area contributed by atoms with Crippen LogP contribution in [0.3, 0.4) is 0 Å². The third-order valence-corrected chi connectivity index (χ3v) is 6.01. The van der Waals surface area contributed by atoms with Crippen LogP contribution in [0.15, 0.2) is 65.9 Å². The van der Waals surface area contributed by atoms with Crippen LogP contribution in [0, 0.1) is 5.41 Å². The number of anilines is 2. The van der Waals surface area contributed by atoms with Crippen LogP contribution in [0.25, 0.3) is 0 Å². The normalized spacial score (nSPS) is 19.8. The lowest BCUT2D eigenvalue weighted by molar-refractivity contribution is -0.120. The van der Waals surface area contributed by atoms with Gasteiger partial charge < -0.3 is 15.5 Å². The predicted octanol–water partition coefficient (Wildman–Crippen LogP) is 4.83. The van der Waals surface area contributed by atoms with Crippen LogP contribution in [0.2, 0.25) is 0 Å². The van der Waals surface area contributed by atoms with Crippen LogP contribution >= 0.6 is 0 Å². The zero-order valence-electron chi connectivity index (χ0n) is 18.6. The van der Waals surface area contributed by atoms with E-state index in [9.17, 15) is 9.59 Å². The molecule has 0 saturated carbocycles. The van der Waals surface area contributed by atoms with E-state index in [4.69, 9.17) is 0 Å². The minimum absolute atomic E-state index is 0.0368. The van der Waals surface area contributed by atoms with E-state index >= 15 is 0 Å². The number of hydrogen-bond donors (Lipinski definition) is 2. The molecule has 1 atom stereocenters. The fourth-order valence-corrected chi connectivity index (χ4v) is 4.68. The number of ketones is 1. The van der Waals surface area contributed by atoms with Gasteiger partial charge in [0.25, 0.3) is 0 Å². The van der Waals surface area contributed by atoms with Crippen molar-refractivity contribution in [1.82, 2.24) is 5.32 Å². The van der Waals surface area contributed by atoms with Crippen LogP contribution in [0.5, 0.6) is 0 Å². The summed E-state index contributed by atoms with van der Waals surface area (Å²) < 4.78 is 0. The smallest absolute Gasteiger partial charge is 0.239 e. The third kappa shape index (κ3) is 4.36. The number of amides is 1. The van der Waals surface area contributed by atoms with Crippen molar-refractivity contribution >= 4 is 23.1 Å². The summed E-state index contributed by atoms with van der Waals surface area (Å²) in [6.07, 6.45) is 2.18. The quantitative estimate of drug-likeness (QED) is 0.732. The number of carbonyl (C=O) groups excluding carboxylic acids is 2. The van der Waals surface area contributed by atoms with Crippen molar-refractivity contribution in [2.75, 3.05) is 23.3 Å². The molecule has 2 aliphatic rings. The Kier molecular flexibility index (Phi) is 5.86. The van der Waals surface area contributed by atoms with E-state index in [1.807, 2.05) is 61.5 Å². The van der Waals surface area contributed by atoms with Gasteiger partial charge in [-0.15, -0.1) is 0 Å². The maximum absolute atomic E-state index is 13.5. The lowest BCUT2D eigenvalue weighted by atomic mass is 9.73. The first-order valence-electron chi connectivity index (χ1n) is 11.1. The number of Topliss-reactive ketones (excluding diaryl/α,β-unsaturated/α-hetero) is 1. The molecule has 2 N–H and O–H groups in total. The molecule has 0 spiro atoms. The van der Waals surface area contributed by atoms with Gasteiger partial charge >= 0.3 is 0 Å². The first-order valence-corrected chi connectivity index (χ1v) is 11.1. The second-order valence-electron chi connectivity index (χ2n) is 9.27. The number of benzene rings is 2. The van der Waals surface area contributed by atoms with Gasteiger partial charge in [0, 0.05) is 24.2 Å². The SMILES string of the molecule is CCCNC(=O)CN1c2ccccc2NC2=C(C(=O)CC(C)(C)C2)C1c1ccccc1. The number of nitrogens with one attached hydrogen (secondary N) is 2. The molecule has 31 heavy (non-hydrogen) atoms. The van der Waals surface area contributed by atoms with E-state index in [-0.39, 0.29) is 29.7 Å². The summed E-state index contributed by atoms with van der Waals surface area (Å²) in [7, 11) is 0. The Bertz CT molecular complexity index is 1010. The Morgan fingerprint density at radius 1 is 1.10 bits per heavy atom. The number of hydrogen-bond acceptors (Lipinski definition) is 4. The Morgan fingerprint density at radius 2 is 1.81 bits per heavy atom. The second-order valence-corrected chi connectivity index (χ2v) is 9.27. The van der Waals surface area contributed by atoms with Crippen LogP contribution in [0.4, 0.5) is 11.4 Å². The van der Waals surface area contributed by atoms with Gasteiger partial charge in [-0.3, -0.25) is 9.59 Å². The van der Waals surface area contributed by atoms with Gasteiger partial charge in [-0.05, 0) is 36.0 Å². The zero-order chi connectivity index (χ0) is 22.0. The van der Waals surface area contributed by atoms with Crippen molar-refractivity contribution in [2.24, 2.45) is 5.41 Å². The number of allylic oxidation sites excluding steroid dienone is 1. The van der Waals surface area contributed by atoms with E-state index in [0.717, 1.165) is 41.1 Å². The number of rotatable bonds is 5. The minimum Gasteiger partial charge on any atom is -0.357 e. The minimum atomic E-state index is -0.316. The molecule has 5 nitrogen and oxygen atoms in total. The van der Waals surface area contributed by atoms with Crippen LogP contribution < -0.4 is 15.5 Å². The van der Waals surface area contributed by atoms with Crippen molar-refractivity contribution in [3.05, 3.63) is 71.4 Å². The monoisotopic (exact) mass is 417 g/mol. The standard InChI is InChI=1S/C26H31N3O2/c1-4-14-27-23(31)17-29-21-13-9-8-12-19(21)28-20-15-26(2,3)16-22(30)24(20)25(29)18-10-6-5-7-11-18/h5-13,25,28H,4,14-17H2,1-3H3,(H,27,31). The van der Waals surface area contributed by atoms with Gasteiger partial charge in [0.05, 0.1) is 24.0 Å². The molecule has 1 aliphatic carbocycles. The summed E-state index contributed by atoms with van der Waals surface area (Å²) in [6.45, 7) is 7.15. The van der Waals surface area contributed by atoms with Crippen molar-refractivity contribution in [2.45, 2.75) is 46.1 Å². The lowest BCUT2D eigenvalue weighted by Gasteiger charge is -2.37. The zero-order valence-corrected chi connectivity index (χ0v) is 18.6. The van der Waals surface area contributed by atoms with E-state index < -0.39 is 0 Å². The largest absolute Gasteiger partial charge is 0.357 e. The highest BCUT2D eigenvalue weighted by molar-refractivity contribution is 6.01. The molecular formula is C26H31N3O2. The van der Waals surface area contributed by atoms with Crippen molar-refractivity contribution in [3.8, 4) is 0 Å². The van der Waals surface area contributed by atoms with Gasteiger partial charge in [0.15, 0.2) is 5.78 Å². The van der Waals surface area contributed by atoms with Crippen molar-refractivity contribution in [3.63, 3.8) is 0 Å². The number of para-hydroxylation sites is 2. The summed E-state index contributed by atoms with van der Waals surface area (Å²) in [4.78, 5) is 28.4.